The van der Waals surface area contributed by atoms with E-state index in [-0.39, 0.29) is 6.03 Å². The van der Waals surface area contributed by atoms with Crippen molar-refractivity contribution in [2.45, 2.75) is 19.8 Å². The summed E-state index contributed by atoms with van der Waals surface area (Å²) in [5.41, 5.74) is 0.328. The molecule has 4 nitrogen and oxygen atoms in total. The van der Waals surface area contributed by atoms with Gasteiger partial charge in [-0.1, -0.05) is 6.92 Å². The summed E-state index contributed by atoms with van der Waals surface area (Å²) in [6, 6.07) is 0.121. The van der Waals surface area contributed by atoms with Crippen LogP contribution in [0.4, 0.5) is 4.79 Å². The zero-order valence-corrected chi connectivity index (χ0v) is 9.75. The number of carbonyl (C=O) groups excluding carboxylic acids is 1. The second kappa shape index (κ2) is 4.00. The monoisotopic (exact) mass is 211 g/mol. The fourth-order valence-corrected chi connectivity index (χ4v) is 2.44. The summed E-state index contributed by atoms with van der Waals surface area (Å²) in [6.07, 6.45) is 2.40. The molecule has 2 aliphatic heterocycles. The maximum atomic E-state index is 11.5. The number of urea groups is 1. The van der Waals surface area contributed by atoms with E-state index in [1.807, 2.05) is 4.90 Å². The van der Waals surface area contributed by atoms with Gasteiger partial charge in [-0.25, -0.2) is 4.79 Å². The van der Waals surface area contributed by atoms with Gasteiger partial charge < -0.3 is 15.1 Å². The predicted molar refractivity (Wildman–Crippen MR) is 59.8 cm³/mol. The Morgan fingerprint density at radius 3 is 2.53 bits per heavy atom. The number of nitrogens with zero attached hydrogens (tertiary/aromatic N) is 2. The second-order valence-corrected chi connectivity index (χ2v) is 5.27. The number of amides is 2. The molecule has 4 heteroatoms. The molecule has 0 radical (unpaired) electrons. The molecule has 2 rings (SSSR count). The van der Waals surface area contributed by atoms with Crippen LogP contribution in [-0.4, -0.2) is 55.6 Å². The lowest BCUT2D eigenvalue weighted by Gasteiger charge is -2.39. The number of hydrogen-bond acceptors (Lipinski definition) is 2. The van der Waals surface area contributed by atoms with Crippen molar-refractivity contribution < 1.29 is 4.79 Å². The first-order chi connectivity index (χ1) is 7.09. The lowest BCUT2D eigenvalue weighted by molar-refractivity contribution is 0.105. The van der Waals surface area contributed by atoms with Gasteiger partial charge in [-0.05, 0) is 38.4 Å². The van der Waals surface area contributed by atoms with Crippen LogP contribution in [0.3, 0.4) is 0 Å². The van der Waals surface area contributed by atoms with E-state index < -0.39 is 0 Å². The van der Waals surface area contributed by atoms with Gasteiger partial charge in [0.05, 0.1) is 0 Å². The van der Waals surface area contributed by atoms with Crippen LogP contribution < -0.4 is 5.32 Å². The van der Waals surface area contributed by atoms with Gasteiger partial charge in [-0.2, -0.15) is 0 Å². The van der Waals surface area contributed by atoms with Crippen LogP contribution in [-0.2, 0) is 0 Å². The van der Waals surface area contributed by atoms with Crippen LogP contribution in [0.25, 0.3) is 0 Å². The highest BCUT2D eigenvalue weighted by Crippen LogP contribution is 2.31. The molecule has 0 aromatic heterocycles. The van der Waals surface area contributed by atoms with Crippen LogP contribution in [0.5, 0.6) is 0 Å². The number of hydrogen-bond donors (Lipinski definition) is 1. The molecule has 2 fully saturated rings. The predicted octanol–water partition coefficient (Wildman–Crippen LogP) is 0.744. The molecule has 0 unspecified atom stereocenters. The normalized spacial score (nSPS) is 26.8. The fraction of sp³-hybridized carbons (Fsp3) is 0.909. The second-order valence-electron chi connectivity index (χ2n) is 5.27. The molecule has 86 valence electrons. The number of nitrogens with one attached hydrogen (secondary N) is 1. The average molecular weight is 211 g/mol. The smallest absolute Gasteiger partial charge is 0.317 e. The molecule has 0 aromatic carbocycles. The van der Waals surface area contributed by atoms with E-state index in [9.17, 15) is 4.79 Å². The molecule has 0 bridgehead atoms. The fourth-order valence-electron chi connectivity index (χ4n) is 2.44. The molecule has 0 aliphatic carbocycles. The summed E-state index contributed by atoms with van der Waals surface area (Å²) in [5, 5.41) is 2.86. The van der Waals surface area contributed by atoms with Crippen LogP contribution in [0.1, 0.15) is 19.8 Å². The third-order valence-electron chi connectivity index (χ3n) is 3.71. The highest BCUT2D eigenvalue weighted by Gasteiger charge is 2.33. The van der Waals surface area contributed by atoms with E-state index in [1.54, 1.807) is 0 Å². The summed E-state index contributed by atoms with van der Waals surface area (Å²) in [4.78, 5) is 15.8. The maximum absolute atomic E-state index is 11.5. The Bertz CT molecular complexity index is 246. The standard InChI is InChI=1S/C11H21N3O/c1-11(3-6-13(2)7-4-11)9-14-8-5-12-10(14)15/h3-9H2,1-2H3,(H,12,15). The van der Waals surface area contributed by atoms with E-state index in [0.717, 1.165) is 32.7 Å². The molecular formula is C11H21N3O. The Morgan fingerprint density at radius 1 is 1.33 bits per heavy atom. The molecule has 0 saturated carbocycles. The van der Waals surface area contributed by atoms with Crippen molar-refractivity contribution in [1.29, 1.82) is 0 Å². The quantitative estimate of drug-likeness (QED) is 0.731. The van der Waals surface area contributed by atoms with Gasteiger partial charge in [0.25, 0.3) is 0 Å². The number of rotatable bonds is 2. The summed E-state index contributed by atoms with van der Waals surface area (Å²) >= 11 is 0. The summed E-state index contributed by atoms with van der Waals surface area (Å²) in [7, 11) is 2.17. The third kappa shape index (κ3) is 2.43. The van der Waals surface area contributed by atoms with Gasteiger partial charge in [0.1, 0.15) is 0 Å². The highest BCUT2D eigenvalue weighted by atomic mass is 16.2. The summed E-state index contributed by atoms with van der Waals surface area (Å²) in [5.74, 6) is 0. The van der Waals surface area contributed by atoms with Crippen molar-refractivity contribution in [3.05, 3.63) is 0 Å². The lowest BCUT2D eigenvalue weighted by atomic mass is 9.80. The SMILES string of the molecule is CN1CCC(C)(CN2CCNC2=O)CC1. The first-order valence-corrected chi connectivity index (χ1v) is 5.80. The van der Waals surface area contributed by atoms with Crippen LogP contribution >= 0.6 is 0 Å². The van der Waals surface area contributed by atoms with Gasteiger partial charge in [-0.3, -0.25) is 0 Å². The third-order valence-corrected chi connectivity index (χ3v) is 3.71. The molecule has 2 aliphatic rings. The van der Waals surface area contributed by atoms with Crippen LogP contribution in [0.2, 0.25) is 0 Å². The van der Waals surface area contributed by atoms with Gasteiger partial charge in [-0.15, -0.1) is 0 Å². The topological polar surface area (TPSA) is 35.6 Å². The minimum atomic E-state index is 0.121. The van der Waals surface area contributed by atoms with Crippen molar-refractivity contribution in [1.82, 2.24) is 15.1 Å². The van der Waals surface area contributed by atoms with Gasteiger partial charge in [0.2, 0.25) is 0 Å². The Labute approximate surface area is 91.6 Å². The van der Waals surface area contributed by atoms with E-state index in [0.29, 0.717) is 5.41 Å². The minimum Gasteiger partial charge on any atom is -0.336 e. The van der Waals surface area contributed by atoms with Crippen molar-refractivity contribution in [2.24, 2.45) is 5.41 Å². The molecule has 1 N–H and O–H groups in total. The largest absolute Gasteiger partial charge is 0.336 e. The first kappa shape index (κ1) is 10.7. The van der Waals surface area contributed by atoms with Crippen molar-refractivity contribution in [2.75, 3.05) is 39.8 Å². The van der Waals surface area contributed by atoms with Gasteiger partial charge in [0, 0.05) is 19.6 Å². The Balaban J connectivity index is 1.90. The summed E-state index contributed by atoms with van der Waals surface area (Å²) in [6.45, 7) is 7.25. The molecular weight excluding hydrogens is 190 g/mol. The first-order valence-electron chi connectivity index (χ1n) is 5.80. The molecule has 2 saturated heterocycles. The highest BCUT2D eigenvalue weighted by molar-refractivity contribution is 5.76. The van der Waals surface area contributed by atoms with Crippen molar-refractivity contribution in [3.8, 4) is 0 Å². The van der Waals surface area contributed by atoms with E-state index in [2.05, 4.69) is 24.2 Å². The van der Waals surface area contributed by atoms with Gasteiger partial charge in [0.15, 0.2) is 0 Å². The Morgan fingerprint density at radius 2 is 2.00 bits per heavy atom. The average Bonchev–Trinajstić information content (AvgIpc) is 2.58. The van der Waals surface area contributed by atoms with E-state index in [1.165, 1.54) is 12.8 Å². The zero-order valence-electron chi connectivity index (χ0n) is 9.75. The van der Waals surface area contributed by atoms with Crippen molar-refractivity contribution >= 4 is 6.03 Å². The molecule has 2 amide bonds. The molecule has 15 heavy (non-hydrogen) atoms. The molecule has 0 aromatic rings. The maximum Gasteiger partial charge on any atom is 0.317 e. The minimum absolute atomic E-state index is 0.121. The Kier molecular flexibility index (Phi) is 2.87. The van der Waals surface area contributed by atoms with Crippen LogP contribution in [0.15, 0.2) is 0 Å². The molecule has 0 atom stereocenters. The Hall–Kier alpha value is -0.770. The molecule has 2 heterocycles. The van der Waals surface area contributed by atoms with Crippen molar-refractivity contribution in [3.63, 3.8) is 0 Å². The number of carbonyl (C=O) groups is 1. The zero-order chi connectivity index (χ0) is 10.9. The number of likely N-dealkylation sites (tertiary alicyclic amines) is 1. The van der Waals surface area contributed by atoms with Crippen LogP contribution in [0, 0.1) is 5.41 Å². The number of piperidine rings is 1. The van der Waals surface area contributed by atoms with Gasteiger partial charge >= 0.3 is 6.03 Å². The lowest BCUT2D eigenvalue weighted by Crippen LogP contribution is -2.44. The molecule has 0 spiro atoms. The van der Waals surface area contributed by atoms with E-state index >= 15 is 0 Å². The summed E-state index contributed by atoms with van der Waals surface area (Å²) < 4.78 is 0. The van der Waals surface area contributed by atoms with E-state index in [4.69, 9.17) is 0 Å².